The minimum Gasteiger partial charge on any atom is -0.460 e. The van der Waals surface area contributed by atoms with Gasteiger partial charge in [0.15, 0.2) is 0 Å². The van der Waals surface area contributed by atoms with Crippen LogP contribution in [0.3, 0.4) is 0 Å². The molecule has 0 aliphatic carbocycles. The van der Waals surface area contributed by atoms with Crippen molar-refractivity contribution in [2.45, 2.75) is 118 Å². The highest BCUT2D eigenvalue weighted by atomic mass is 16.6. The number of hydrogen-bond acceptors (Lipinski definition) is 6. The molecule has 8 heteroatoms. The second kappa shape index (κ2) is 13.0. The third-order valence-corrected chi connectivity index (χ3v) is 4.57. The zero-order valence-electron chi connectivity index (χ0n) is 21.9. The number of rotatable bonds is 11. The SMILES string of the molecule is CNCCCC[C@H](NC(=O)N[C@@H](CCC(=O)OC(C)(C)C)C(C)(C)C)C(=O)OC(C)(C)C. The van der Waals surface area contributed by atoms with Crippen LogP contribution in [0.4, 0.5) is 4.79 Å². The Morgan fingerprint density at radius 2 is 1.34 bits per heavy atom. The molecule has 0 rings (SSSR count). The van der Waals surface area contributed by atoms with Crippen LogP contribution in [-0.2, 0) is 19.1 Å². The maximum Gasteiger partial charge on any atom is 0.329 e. The number of unbranched alkanes of at least 4 members (excludes halogenated alkanes) is 1. The second-order valence-electron chi connectivity index (χ2n) is 11.3. The number of ether oxygens (including phenoxy) is 2. The normalized spacial score (nSPS) is 14.3. The number of carbonyl (C=O) groups excluding carboxylic acids is 3. The van der Waals surface area contributed by atoms with Gasteiger partial charge in [-0.15, -0.1) is 0 Å². The van der Waals surface area contributed by atoms with Crippen LogP contribution in [0.2, 0.25) is 0 Å². The zero-order valence-corrected chi connectivity index (χ0v) is 21.9. The number of urea groups is 1. The Hall–Kier alpha value is -1.83. The van der Waals surface area contributed by atoms with Crippen molar-refractivity contribution in [3.8, 4) is 0 Å². The maximum absolute atomic E-state index is 12.8. The average molecular weight is 458 g/mol. The maximum atomic E-state index is 12.8. The molecule has 3 N–H and O–H groups in total. The van der Waals surface area contributed by atoms with E-state index in [4.69, 9.17) is 9.47 Å². The van der Waals surface area contributed by atoms with E-state index in [-0.39, 0.29) is 23.8 Å². The molecule has 0 aromatic carbocycles. The third-order valence-electron chi connectivity index (χ3n) is 4.57. The monoisotopic (exact) mass is 457 g/mol. The molecule has 0 aliphatic rings. The predicted molar refractivity (Wildman–Crippen MR) is 127 cm³/mol. The summed E-state index contributed by atoms with van der Waals surface area (Å²) in [5.74, 6) is -0.747. The summed E-state index contributed by atoms with van der Waals surface area (Å²) < 4.78 is 10.9. The van der Waals surface area contributed by atoms with E-state index in [2.05, 4.69) is 16.0 Å². The fourth-order valence-corrected chi connectivity index (χ4v) is 3.01. The van der Waals surface area contributed by atoms with Crippen LogP contribution in [0.15, 0.2) is 0 Å². The summed E-state index contributed by atoms with van der Waals surface area (Å²) in [5, 5.41) is 8.81. The van der Waals surface area contributed by atoms with Crippen LogP contribution < -0.4 is 16.0 Å². The lowest BCUT2D eigenvalue weighted by atomic mass is 9.84. The van der Waals surface area contributed by atoms with E-state index in [0.29, 0.717) is 12.8 Å². The van der Waals surface area contributed by atoms with Gasteiger partial charge in [-0.05, 0) is 86.2 Å². The molecule has 0 saturated carbocycles. The van der Waals surface area contributed by atoms with Crippen LogP contribution >= 0.6 is 0 Å². The number of amides is 2. The molecule has 0 aromatic heterocycles. The minimum atomic E-state index is -0.738. The first kappa shape index (κ1) is 30.2. The van der Waals surface area contributed by atoms with E-state index in [1.165, 1.54) is 0 Å². The van der Waals surface area contributed by atoms with Gasteiger partial charge in [-0.25, -0.2) is 9.59 Å². The minimum absolute atomic E-state index is 0.193. The first-order chi connectivity index (χ1) is 14.4. The van der Waals surface area contributed by atoms with Gasteiger partial charge in [0.05, 0.1) is 0 Å². The van der Waals surface area contributed by atoms with Gasteiger partial charge >= 0.3 is 18.0 Å². The molecule has 0 fully saturated rings. The molecule has 0 heterocycles. The fraction of sp³-hybridized carbons (Fsp3) is 0.875. The molecule has 188 valence electrons. The lowest BCUT2D eigenvalue weighted by Crippen LogP contribution is -2.53. The van der Waals surface area contributed by atoms with Gasteiger partial charge in [-0.1, -0.05) is 20.8 Å². The molecular formula is C24H47N3O5. The van der Waals surface area contributed by atoms with E-state index < -0.39 is 29.2 Å². The third kappa shape index (κ3) is 15.1. The molecule has 0 unspecified atom stereocenters. The molecule has 8 nitrogen and oxygen atoms in total. The van der Waals surface area contributed by atoms with Gasteiger partial charge in [0.1, 0.15) is 17.2 Å². The van der Waals surface area contributed by atoms with Crippen molar-refractivity contribution in [2.24, 2.45) is 5.41 Å². The first-order valence-electron chi connectivity index (χ1n) is 11.6. The Morgan fingerprint density at radius 1 is 0.781 bits per heavy atom. The molecule has 0 spiro atoms. The summed E-state index contributed by atoms with van der Waals surface area (Å²) in [6, 6.07) is -1.46. The Bertz CT molecular complexity index is 600. The Kier molecular flexibility index (Phi) is 12.3. The van der Waals surface area contributed by atoms with Crippen LogP contribution in [0.1, 0.15) is 94.4 Å². The fourth-order valence-electron chi connectivity index (χ4n) is 3.01. The number of nitrogens with one attached hydrogen (secondary N) is 3. The van der Waals surface area contributed by atoms with E-state index in [1.54, 1.807) is 20.8 Å². The summed E-state index contributed by atoms with van der Waals surface area (Å²) in [4.78, 5) is 37.6. The summed E-state index contributed by atoms with van der Waals surface area (Å²) in [7, 11) is 1.88. The van der Waals surface area contributed by atoms with Crippen LogP contribution in [0, 0.1) is 5.41 Å². The van der Waals surface area contributed by atoms with Crippen LogP contribution in [-0.4, -0.2) is 54.8 Å². The molecule has 0 saturated heterocycles. The highest BCUT2D eigenvalue weighted by Gasteiger charge is 2.30. The van der Waals surface area contributed by atoms with Gasteiger partial charge in [0.2, 0.25) is 0 Å². The quantitative estimate of drug-likeness (QED) is 0.321. The summed E-state index contributed by atoms with van der Waals surface area (Å²) in [6.07, 6.45) is 2.78. The molecule has 32 heavy (non-hydrogen) atoms. The van der Waals surface area contributed by atoms with Crippen molar-refractivity contribution in [1.82, 2.24) is 16.0 Å². The van der Waals surface area contributed by atoms with Crippen molar-refractivity contribution in [3.63, 3.8) is 0 Å². The smallest absolute Gasteiger partial charge is 0.329 e. The molecule has 0 aromatic rings. The number of carbonyl (C=O) groups is 3. The molecule has 2 amide bonds. The van der Waals surface area contributed by atoms with E-state index in [0.717, 1.165) is 19.4 Å². The van der Waals surface area contributed by atoms with Gasteiger partial charge in [-0.2, -0.15) is 0 Å². The number of hydrogen-bond donors (Lipinski definition) is 3. The van der Waals surface area contributed by atoms with Gasteiger partial charge in [0, 0.05) is 12.5 Å². The molecular weight excluding hydrogens is 410 g/mol. The Balaban J connectivity index is 5.10. The highest BCUT2D eigenvalue weighted by molar-refractivity contribution is 5.84. The summed E-state index contributed by atoms with van der Waals surface area (Å²) in [6.45, 7) is 17.7. The van der Waals surface area contributed by atoms with Gasteiger partial charge in [0.25, 0.3) is 0 Å². The predicted octanol–water partition coefficient (Wildman–Crippen LogP) is 3.92. The highest BCUT2D eigenvalue weighted by Crippen LogP contribution is 2.24. The lowest BCUT2D eigenvalue weighted by Gasteiger charge is -2.32. The second-order valence-corrected chi connectivity index (χ2v) is 11.3. The van der Waals surface area contributed by atoms with Crippen molar-refractivity contribution in [1.29, 1.82) is 0 Å². The van der Waals surface area contributed by atoms with E-state index in [9.17, 15) is 14.4 Å². The van der Waals surface area contributed by atoms with E-state index >= 15 is 0 Å². The van der Waals surface area contributed by atoms with Gasteiger partial charge < -0.3 is 25.4 Å². The zero-order chi connectivity index (χ0) is 25.2. The largest absolute Gasteiger partial charge is 0.460 e. The topological polar surface area (TPSA) is 106 Å². The molecule has 0 radical (unpaired) electrons. The standard InChI is InChI=1S/C24H47N3O5/c1-22(2,3)18(14-15-19(28)31-23(4,5)6)27-21(30)26-17(13-11-12-16-25-10)20(29)32-24(7,8)9/h17-18,25H,11-16H2,1-10H3,(H2,26,27,30)/t17-,18-/m0/s1. The van der Waals surface area contributed by atoms with Gasteiger partial charge in [-0.3, -0.25) is 4.79 Å². The van der Waals surface area contributed by atoms with Crippen LogP contribution in [0.25, 0.3) is 0 Å². The van der Waals surface area contributed by atoms with Crippen molar-refractivity contribution < 1.29 is 23.9 Å². The first-order valence-corrected chi connectivity index (χ1v) is 11.6. The Labute approximate surface area is 194 Å². The van der Waals surface area contributed by atoms with E-state index in [1.807, 2.05) is 48.6 Å². The lowest BCUT2D eigenvalue weighted by molar-refractivity contribution is -0.157. The van der Waals surface area contributed by atoms with Crippen molar-refractivity contribution >= 4 is 18.0 Å². The average Bonchev–Trinajstić information content (AvgIpc) is 2.57. The van der Waals surface area contributed by atoms with Crippen molar-refractivity contribution in [3.05, 3.63) is 0 Å². The summed E-state index contributed by atoms with van der Waals surface area (Å²) in [5.41, 5.74) is -1.47. The van der Waals surface area contributed by atoms with Crippen molar-refractivity contribution in [2.75, 3.05) is 13.6 Å². The Morgan fingerprint density at radius 3 is 1.81 bits per heavy atom. The molecule has 2 atom stereocenters. The van der Waals surface area contributed by atoms with Crippen LogP contribution in [0.5, 0.6) is 0 Å². The number of esters is 2. The molecule has 0 bridgehead atoms. The molecule has 0 aliphatic heterocycles. The summed E-state index contributed by atoms with van der Waals surface area (Å²) >= 11 is 0.